The van der Waals surface area contributed by atoms with Crippen molar-refractivity contribution in [1.82, 2.24) is 4.90 Å². The molecular weight excluding hydrogens is 126 g/mol. The molecule has 1 fully saturated rings. The highest BCUT2D eigenvalue weighted by Crippen LogP contribution is 2.19. The minimum atomic E-state index is 0. The first-order valence-electron chi connectivity index (χ1n) is 3.93. The molecule has 1 aliphatic rings. The molecule has 0 bridgehead atoms. The van der Waals surface area contributed by atoms with Crippen molar-refractivity contribution in [2.24, 2.45) is 0 Å². The summed E-state index contributed by atoms with van der Waals surface area (Å²) >= 11 is 0. The minimum Gasteiger partial charge on any atom is -0.412 e. The highest BCUT2D eigenvalue weighted by atomic mass is 16.0. The Labute approximate surface area is 63.5 Å². The van der Waals surface area contributed by atoms with Gasteiger partial charge in [0.05, 0.1) is 0 Å². The molecule has 0 aliphatic carbocycles. The Balaban J connectivity index is 0.000000810. The number of hydrogen-bond donors (Lipinski definition) is 0. The van der Waals surface area contributed by atoms with Crippen molar-refractivity contribution in [2.75, 3.05) is 7.05 Å². The monoisotopic (exact) mass is 145 g/mol. The molecule has 2 atom stereocenters. The molecule has 62 valence electrons. The fourth-order valence-corrected chi connectivity index (χ4v) is 1.55. The van der Waals surface area contributed by atoms with Gasteiger partial charge in [-0.15, -0.1) is 0 Å². The summed E-state index contributed by atoms with van der Waals surface area (Å²) in [5, 5.41) is 0. The molecule has 1 aliphatic heterocycles. The van der Waals surface area contributed by atoms with Crippen molar-refractivity contribution in [3.05, 3.63) is 0 Å². The van der Waals surface area contributed by atoms with E-state index in [2.05, 4.69) is 25.8 Å². The smallest absolute Gasteiger partial charge is 0.00667 e. The molecule has 0 aromatic heterocycles. The topological polar surface area (TPSA) is 34.7 Å². The van der Waals surface area contributed by atoms with Gasteiger partial charge in [0, 0.05) is 12.1 Å². The number of hydrogen-bond acceptors (Lipinski definition) is 1. The molecule has 2 unspecified atom stereocenters. The molecule has 10 heavy (non-hydrogen) atoms. The molecular formula is C8H19NO. The SMILES string of the molecule is CC1CCCC(C)N1C.O. The summed E-state index contributed by atoms with van der Waals surface area (Å²) in [6.07, 6.45) is 4.20. The van der Waals surface area contributed by atoms with Crippen LogP contribution in [0.2, 0.25) is 0 Å². The van der Waals surface area contributed by atoms with Gasteiger partial charge < -0.3 is 10.4 Å². The van der Waals surface area contributed by atoms with E-state index in [4.69, 9.17) is 0 Å². The summed E-state index contributed by atoms with van der Waals surface area (Å²) in [4.78, 5) is 2.48. The molecule has 2 N–H and O–H groups in total. The molecule has 0 aromatic carbocycles. The lowest BCUT2D eigenvalue weighted by Gasteiger charge is -2.35. The molecule has 1 rings (SSSR count). The van der Waals surface area contributed by atoms with Gasteiger partial charge in [-0.05, 0) is 33.7 Å². The fraction of sp³-hybridized carbons (Fsp3) is 1.00. The van der Waals surface area contributed by atoms with Crippen LogP contribution < -0.4 is 0 Å². The van der Waals surface area contributed by atoms with Crippen LogP contribution in [0.4, 0.5) is 0 Å². The molecule has 1 saturated heterocycles. The van der Waals surface area contributed by atoms with Crippen molar-refractivity contribution >= 4 is 0 Å². The van der Waals surface area contributed by atoms with E-state index in [-0.39, 0.29) is 5.48 Å². The molecule has 1 heterocycles. The van der Waals surface area contributed by atoms with Gasteiger partial charge in [-0.25, -0.2) is 0 Å². The van der Waals surface area contributed by atoms with Gasteiger partial charge in [0.2, 0.25) is 0 Å². The zero-order valence-corrected chi connectivity index (χ0v) is 7.22. The summed E-state index contributed by atoms with van der Waals surface area (Å²) in [7, 11) is 2.23. The Bertz CT molecular complexity index is 85.3. The summed E-state index contributed by atoms with van der Waals surface area (Å²) in [6, 6.07) is 1.63. The number of rotatable bonds is 0. The molecule has 0 aromatic rings. The van der Waals surface area contributed by atoms with E-state index >= 15 is 0 Å². The van der Waals surface area contributed by atoms with Gasteiger partial charge in [-0.1, -0.05) is 6.42 Å². The average Bonchev–Trinajstić information content (AvgIpc) is 1.83. The van der Waals surface area contributed by atoms with Crippen LogP contribution in [-0.4, -0.2) is 29.5 Å². The summed E-state index contributed by atoms with van der Waals surface area (Å²) in [5.41, 5.74) is 0. The number of piperidine rings is 1. The lowest BCUT2D eigenvalue weighted by Crippen LogP contribution is -2.40. The van der Waals surface area contributed by atoms with E-state index < -0.39 is 0 Å². The summed E-state index contributed by atoms with van der Waals surface area (Å²) < 4.78 is 0. The van der Waals surface area contributed by atoms with E-state index in [1.807, 2.05) is 0 Å². The Kier molecular flexibility index (Phi) is 3.91. The lowest BCUT2D eigenvalue weighted by molar-refractivity contribution is 0.138. The van der Waals surface area contributed by atoms with E-state index in [1.54, 1.807) is 0 Å². The van der Waals surface area contributed by atoms with E-state index in [0.29, 0.717) is 0 Å². The van der Waals surface area contributed by atoms with Crippen LogP contribution >= 0.6 is 0 Å². The van der Waals surface area contributed by atoms with Crippen LogP contribution in [0.25, 0.3) is 0 Å². The Morgan fingerprint density at radius 2 is 1.50 bits per heavy atom. The molecule has 0 radical (unpaired) electrons. The van der Waals surface area contributed by atoms with Gasteiger partial charge in [0.15, 0.2) is 0 Å². The number of nitrogens with zero attached hydrogens (tertiary/aromatic N) is 1. The second-order valence-corrected chi connectivity index (χ2v) is 3.29. The Morgan fingerprint density at radius 1 is 1.10 bits per heavy atom. The largest absolute Gasteiger partial charge is 0.412 e. The summed E-state index contributed by atoms with van der Waals surface area (Å²) in [5.74, 6) is 0. The lowest BCUT2D eigenvalue weighted by atomic mass is 9.99. The van der Waals surface area contributed by atoms with Crippen molar-refractivity contribution in [2.45, 2.75) is 45.2 Å². The van der Waals surface area contributed by atoms with Crippen LogP contribution in [-0.2, 0) is 0 Å². The molecule has 2 nitrogen and oxygen atoms in total. The third-order valence-corrected chi connectivity index (χ3v) is 2.63. The van der Waals surface area contributed by atoms with Gasteiger partial charge in [-0.3, -0.25) is 0 Å². The zero-order chi connectivity index (χ0) is 6.85. The van der Waals surface area contributed by atoms with E-state index in [1.165, 1.54) is 19.3 Å². The predicted molar refractivity (Wildman–Crippen MR) is 44.2 cm³/mol. The van der Waals surface area contributed by atoms with Gasteiger partial charge in [0.25, 0.3) is 0 Å². The molecule has 0 spiro atoms. The van der Waals surface area contributed by atoms with E-state index in [9.17, 15) is 0 Å². The molecule has 0 amide bonds. The fourth-order valence-electron chi connectivity index (χ4n) is 1.55. The van der Waals surface area contributed by atoms with Crippen LogP contribution in [0, 0.1) is 0 Å². The first-order valence-corrected chi connectivity index (χ1v) is 3.93. The Morgan fingerprint density at radius 3 is 1.80 bits per heavy atom. The van der Waals surface area contributed by atoms with Gasteiger partial charge in [0.1, 0.15) is 0 Å². The third kappa shape index (κ3) is 1.96. The third-order valence-electron chi connectivity index (χ3n) is 2.63. The average molecular weight is 145 g/mol. The standard InChI is InChI=1S/C8H17N.H2O/c1-7-5-4-6-8(2)9(7)3;/h7-8H,4-6H2,1-3H3;1H2. The maximum Gasteiger partial charge on any atom is 0.00667 e. The Hall–Kier alpha value is -0.0800. The predicted octanol–water partition coefficient (Wildman–Crippen LogP) is 1.05. The van der Waals surface area contributed by atoms with Crippen molar-refractivity contribution < 1.29 is 5.48 Å². The van der Waals surface area contributed by atoms with Crippen molar-refractivity contribution in [3.63, 3.8) is 0 Å². The molecule has 0 saturated carbocycles. The van der Waals surface area contributed by atoms with Crippen LogP contribution in [0.3, 0.4) is 0 Å². The zero-order valence-electron chi connectivity index (χ0n) is 7.22. The van der Waals surface area contributed by atoms with Crippen molar-refractivity contribution in [3.8, 4) is 0 Å². The van der Waals surface area contributed by atoms with Gasteiger partial charge >= 0.3 is 0 Å². The second kappa shape index (κ2) is 3.94. The normalized spacial score (nSPS) is 35.1. The van der Waals surface area contributed by atoms with Crippen molar-refractivity contribution in [1.29, 1.82) is 0 Å². The van der Waals surface area contributed by atoms with Crippen LogP contribution in [0.1, 0.15) is 33.1 Å². The molecule has 2 heteroatoms. The van der Waals surface area contributed by atoms with Crippen LogP contribution in [0.5, 0.6) is 0 Å². The highest BCUT2D eigenvalue weighted by Gasteiger charge is 2.19. The quantitative estimate of drug-likeness (QED) is 0.502. The second-order valence-electron chi connectivity index (χ2n) is 3.29. The van der Waals surface area contributed by atoms with Gasteiger partial charge in [-0.2, -0.15) is 0 Å². The maximum absolute atomic E-state index is 2.48. The summed E-state index contributed by atoms with van der Waals surface area (Å²) in [6.45, 7) is 4.63. The first-order chi connectivity index (χ1) is 4.22. The number of likely N-dealkylation sites (tertiary alicyclic amines) is 1. The maximum atomic E-state index is 2.48. The van der Waals surface area contributed by atoms with E-state index in [0.717, 1.165) is 12.1 Å². The minimum absolute atomic E-state index is 0. The first kappa shape index (κ1) is 9.92. The van der Waals surface area contributed by atoms with Crippen LogP contribution in [0.15, 0.2) is 0 Å². The highest BCUT2D eigenvalue weighted by molar-refractivity contribution is 4.75.